The number of amides is 1. The molecule has 26 heavy (non-hydrogen) atoms. The van der Waals surface area contributed by atoms with Crippen LogP contribution in [0.15, 0.2) is 48.8 Å². The quantitative estimate of drug-likeness (QED) is 0.661. The molecule has 3 aromatic rings. The highest BCUT2D eigenvalue weighted by molar-refractivity contribution is 8.01. The van der Waals surface area contributed by atoms with Crippen molar-refractivity contribution in [2.75, 3.05) is 5.75 Å². The Kier molecular flexibility index (Phi) is 4.90. The first-order chi connectivity index (χ1) is 12.7. The van der Waals surface area contributed by atoms with Gasteiger partial charge in [0.05, 0.1) is 17.4 Å². The first kappa shape index (κ1) is 17.1. The van der Waals surface area contributed by atoms with Crippen LogP contribution in [-0.4, -0.2) is 27.7 Å². The Labute approximate surface area is 154 Å². The van der Waals surface area contributed by atoms with Gasteiger partial charge in [-0.25, -0.2) is 9.37 Å². The van der Waals surface area contributed by atoms with E-state index in [4.69, 9.17) is 0 Å². The van der Waals surface area contributed by atoms with Crippen LogP contribution in [0, 0.1) is 11.6 Å². The van der Waals surface area contributed by atoms with Gasteiger partial charge in [-0.15, -0.1) is 0 Å². The van der Waals surface area contributed by atoms with E-state index in [1.807, 2.05) is 24.0 Å². The zero-order valence-corrected chi connectivity index (χ0v) is 14.7. The Bertz CT molecular complexity index is 911. The van der Waals surface area contributed by atoms with Gasteiger partial charge in [-0.3, -0.25) is 10.1 Å². The zero-order valence-electron chi connectivity index (χ0n) is 13.9. The molecular weight excluding hydrogens is 351 g/mol. The van der Waals surface area contributed by atoms with Gasteiger partial charge >= 0.3 is 0 Å². The van der Waals surface area contributed by atoms with Crippen LogP contribution in [0.2, 0.25) is 0 Å². The lowest BCUT2D eigenvalue weighted by atomic mass is 10.1. The van der Waals surface area contributed by atoms with E-state index in [0.717, 1.165) is 27.9 Å². The number of benzene rings is 2. The Morgan fingerprint density at radius 3 is 2.96 bits per heavy atom. The largest absolute Gasteiger partial charge is 0.351 e. The molecular formula is C19H18FN4OS. The molecule has 0 spiro atoms. The van der Waals surface area contributed by atoms with E-state index in [2.05, 4.69) is 20.6 Å². The van der Waals surface area contributed by atoms with Gasteiger partial charge < -0.3 is 10.3 Å². The summed E-state index contributed by atoms with van der Waals surface area (Å²) in [6.45, 7) is 0.450. The van der Waals surface area contributed by atoms with Crippen LogP contribution >= 0.6 is 11.8 Å². The third kappa shape index (κ3) is 3.73. The number of nitrogens with one attached hydrogen (secondary N) is 3. The number of H-pyrrole nitrogens is 1. The number of rotatable bonds is 4. The number of fused-ring (bicyclic) bond motifs is 1. The van der Waals surface area contributed by atoms with Gasteiger partial charge in [0.2, 0.25) is 5.91 Å². The lowest BCUT2D eigenvalue weighted by molar-refractivity contribution is -0.122. The number of imidazole rings is 1. The van der Waals surface area contributed by atoms with Crippen LogP contribution in [0.5, 0.6) is 0 Å². The summed E-state index contributed by atoms with van der Waals surface area (Å²) in [5, 5.41) is 6.29. The maximum atomic E-state index is 13.1. The molecule has 1 aliphatic rings. The summed E-state index contributed by atoms with van der Waals surface area (Å²) in [7, 11) is 0. The maximum absolute atomic E-state index is 13.1. The van der Waals surface area contributed by atoms with Gasteiger partial charge in [0.25, 0.3) is 0 Å². The van der Waals surface area contributed by atoms with E-state index < -0.39 is 0 Å². The average Bonchev–Trinajstić information content (AvgIpc) is 3.14. The van der Waals surface area contributed by atoms with E-state index in [9.17, 15) is 9.18 Å². The maximum Gasteiger partial charge on any atom is 0.238 e. The van der Waals surface area contributed by atoms with Crippen LogP contribution < -0.4 is 10.6 Å². The third-order valence-electron chi connectivity index (χ3n) is 4.38. The Morgan fingerprint density at radius 2 is 2.12 bits per heavy atom. The monoisotopic (exact) mass is 369 g/mol. The predicted octanol–water partition coefficient (Wildman–Crippen LogP) is 2.93. The summed E-state index contributed by atoms with van der Waals surface area (Å²) in [5.74, 6) is 2.39. The van der Waals surface area contributed by atoms with Crippen LogP contribution in [-0.2, 0) is 11.3 Å². The van der Waals surface area contributed by atoms with Crippen LogP contribution in [0.3, 0.4) is 0 Å². The molecule has 3 N–H and O–H groups in total. The molecule has 0 bridgehead atoms. The van der Waals surface area contributed by atoms with Crippen molar-refractivity contribution in [3.05, 3.63) is 71.5 Å². The fourth-order valence-corrected chi connectivity index (χ4v) is 3.96. The van der Waals surface area contributed by atoms with Gasteiger partial charge in [0.15, 0.2) is 0 Å². The van der Waals surface area contributed by atoms with E-state index in [1.54, 1.807) is 30.2 Å². The molecule has 5 nitrogen and oxygen atoms in total. The number of thioether (sulfide) groups is 1. The van der Waals surface area contributed by atoms with E-state index in [-0.39, 0.29) is 23.8 Å². The van der Waals surface area contributed by atoms with Gasteiger partial charge in [0.1, 0.15) is 11.9 Å². The lowest BCUT2D eigenvalue weighted by Crippen LogP contribution is -2.48. The molecule has 2 heterocycles. The van der Waals surface area contributed by atoms with Crippen molar-refractivity contribution < 1.29 is 9.18 Å². The van der Waals surface area contributed by atoms with E-state index in [0.29, 0.717) is 6.54 Å². The highest BCUT2D eigenvalue weighted by Gasteiger charge is 2.27. The molecule has 7 heteroatoms. The molecule has 0 saturated carbocycles. The lowest BCUT2D eigenvalue weighted by Gasteiger charge is -2.30. The van der Waals surface area contributed by atoms with Crippen LogP contribution in [0.25, 0.3) is 11.0 Å². The second-order valence-electron chi connectivity index (χ2n) is 6.19. The second kappa shape index (κ2) is 7.47. The van der Waals surface area contributed by atoms with E-state index >= 15 is 0 Å². The number of hydrogen-bond donors (Lipinski definition) is 3. The van der Waals surface area contributed by atoms with Crippen molar-refractivity contribution in [3.8, 4) is 0 Å². The van der Waals surface area contributed by atoms with Crippen molar-refractivity contribution in [2.24, 2.45) is 0 Å². The number of aromatic amines is 1. The summed E-state index contributed by atoms with van der Waals surface area (Å²) in [4.78, 5) is 19.8. The molecule has 1 aromatic heterocycles. The van der Waals surface area contributed by atoms with Crippen molar-refractivity contribution >= 4 is 28.7 Å². The number of carbonyl (C=O) groups is 1. The molecule has 2 aromatic carbocycles. The summed E-state index contributed by atoms with van der Waals surface area (Å²) in [5.41, 5.74) is 3.84. The van der Waals surface area contributed by atoms with Crippen molar-refractivity contribution in [1.82, 2.24) is 20.6 Å². The minimum absolute atomic E-state index is 0.0164. The molecule has 1 saturated heterocycles. The standard InChI is InChI=1S/C19H18FN4OS/c20-14-4-2-13(3-5-14)17-9-26-10-18(24-17)19(25)21-8-12-1-6-15-16(7-12)23-11-22-15/h1-7,10-11,17-18,24H,8-9H2,(H,21,25)(H,22,23)/t17?,18-/m0/s1. The second-order valence-corrected chi connectivity index (χ2v) is 7.13. The minimum Gasteiger partial charge on any atom is -0.351 e. The van der Waals surface area contributed by atoms with Crippen molar-refractivity contribution in [1.29, 1.82) is 0 Å². The average molecular weight is 369 g/mol. The topological polar surface area (TPSA) is 69.8 Å². The summed E-state index contributed by atoms with van der Waals surface area (Å²) < 4.78 is 13.1. The zero-order chi connectivity index (χ0) is 17.9. The van der Waals surface area contributed by atoms with Gasteiger partial charge in [0, 0.05) is 24.1 Å². The molecule has 133 valence electrons. The third-order valence-corrected chi connectivity index (χ3v) is 5.37. The fourth-order valence-electron chi connectivity index (χ4n) is 2.97. The number of aromatic nitrogens is 2. The fraction of sp³-hybridized carbons (Fsp3) is 0.211. The minimum atomic E-state index is -0.389. The first-order valence-corrected chi connectivity index (χ1v) is 9.40. The summed E-state index contributed by atoms with van der Waals surface area (Å²) in [6, 6.07) is 11.9. The van der Waals surface area contributed by atoms with Crippen molar-refractivity contribution in [3.63, 3.8) is 0 Å². The molecule has 1 amide bonds. The Balaban J connectivity index is 1.37. The predicted molar refractivity (Wildman–Crippen MR) is 101 cm³/mol. The van der Waals surface area contributed by atoms with E-state index in [1.165, 1.54) is 12.1 Å². The molecule has 0 aliphatic carbocycles. The van der Waals surface area contributed by atoms with Gasteiger partial charge in [-0.2, -0.15) is 11.8 Å². The normalized spacial score (nSPS) is 20.2. The Hall–Kier alpha value is -2.38. The molecule has 2 atom stereocenters. The van der Waals surface area contributed by atoms with Crippen molar-refractivity contribution in [2.45, 2.75) is 18.6 Å². The molecule has 1 aliphatic heterocycles. The summed E-state index contributed by atoms with van der Waals surface area (Å²) >= 11 is 1.61. The number of halogens is 1. The number of nitrogens with zero attached hydrogens (tertiary/aromatic N) is 1. The molecule has 4 rings (SSSR count). The highest BCUT2D eigenvalue weighted by atomic mass is 32.2. The van der Waals surface area contributed by atoms with Gasteiger partial charge in [-0.05, 0) is 35.4 Å². The number of carbonyl (C=O) groups excluding carboxylic acids is 1. The van der Waals surface area contributed by atoms with Gasteiger partial charge in [-0.1, -0.05) is 18.2 Å². The highest BCUT2D eigenvalue weighted by Crippen LogP contribution is 2.27. The van der Waals surface area contributed by atoms with Crippen LogP contribution in [0.1, 0.15) is 17.2 Å². The van der Waals surface area contributed by atoms with Crippen LogP contribution in [0.4, 0.5) is 4.39 Å². The molecule has 1 fully saturated rings. The summed E-state index contributed by atoms with van der Waals surface area (Å²) in [6.07, 6.45) is 1.65. The molecule has 1 unspecified atom stereocenters. The first-order valence-electron chi connectivity index (χ1n) is 8.35. The SMILES string of the molecule is O=C(NCc1ccc2nc[nH]c2c1)[C@@H]1[CH]SCC(c2ccc(F)cc2)N1. The smallest absolute Gasteiger partial charge is 0.238 e. The Morgan fingerprint density at radius 1 is 1.27 bits per heavy atom. The number of hydrogen-bond acceptors (Lipinski definition) is 4. The molecule has 1 radical (unpaired) electrons.